The van der Waals surface area contributed by atoms with Gasteiger partial charge >= 0.3 is 0 Å². The minimum Gasteiger partial charge on any atom is -0.240 e. The standard InChI is InChI=1S/C14H16BrNS2/c1-10(2)7-17-9-14-16-13(8-18-14)11-5-3-4-6-12(11)15/h3-6,8,10H,7,9H2,1-2H3. The third kappa shape index (κ3) is 3.84. The molecule has 0 unspecified atom stereocenters. The van der Waals surface area contributed by atoms with Crippen LogP contribution in [0.4, 0.5) is 0 Å². The molecule has 1 aromatic carbocycles. The second-order valence-corrected chi connectivity index (χ2v) is 7.34. The van der Waals surface area contributed by atoms with E-state index in [0.717, 1.165) is 21.8 Å². The van der Waals surface area contributed by atoms with E-state index in [4.69, 9.17) is 4.98 Å². The molecule has 4 heteroatoms. The molecule has 0 aliphatic heterocycles. The monoisotopic (exact) mass is 341 g/mol. The van der Waals surface area contributed by atoms with Crippen LogP contribution in [-0.2, 0) is 5.75 Å². The number of rotatable bonds is 5. The molecule has 0 aliphatic carbocycles. The molecule has 2 aromatic rings. The summed E-state index contributed by atoms with van der Waals surface area (Å²) in [5.41, 5.74) is 2.25. The molecule has 96 valence electrons. The van der Waals surface area contributed by atoms with Crippen molar-refractivity contribution in [2.75, 3.05) is 5.75 Å². The molecule has 0 atom stereocenters. The highest BCUT2D eigenvalue weighted by Gasteiger charge is 2.07. The van der Waals surface area contributed by atoms with Crippen LogP contribution in [0.3, 0.4) is 0 Å². The summed E-state index contributed by atoms with van der Waals surface area (Å²) < 4.78 is 1.11. The highest BCUT2D eigenvalue weighted by Crippen LogP contribution is 2.30. The van der Waals surface area contributed by atoms with E-state index in [1.54, 1.807) is 11.3 Å². The van der Waals surface area contributed by atoms with E-state index in [0.29, 0.717) is 0 Å². The van der Waals surface area contributed by atoms with Crippen molar-refractivity contribution in [1.82, 2.24) is 4.98 Å². The van der Waals surface area contributed by atoms with Gasteiger partial charge in [-0.1, -0.05) is 48.0 Å². The number of thiazole rings is 1. The van der Waals surface area contributed by atoms with E-state index in [2.05, 4.69) is 47.3 Å². The van der Waals surface area contributed by atoms with Crippen LogP contribution in [0, 0.1) is 5.92 Å². The van der Waals surface area contributed by atoms with Crippen molar-refractivity contribution in [3.63, 3.8) is 0 Å². The van der Waals surface area contributed by atoms with Gasteiger partial charge in [-0.25, -0.2) is 4.98 Å². The van der Waals surface area contributed by atoms with Crippen LogP contribution in [-0.4, -0.2) is 10.7 Å². The van der Waals surface area contributed by atoms with Gasteiger partial charge in [0, 0.05) is 21.2 Å². The zero-order chi connectivity index (χ0) is 13.0. The minimum absolute atomic E-state index is 0.748. The Hall–Kier alpha value is -0.320. The summed E-state index contributed by atoms with van der Waals surface area (Å²) in [5, 5.41) is 3.36. The van der Waals surface area contributed by atoms with Crippen molar-refractivity contribution in [3.8, 4) is 11.3 Å². The SMILES string of the molecule is CC(C)CSCc1nc(-c2ccccc2Br)cs1. The van der Waals surface area contributed by atoms with Gasteiger partial charge in [-0.05, 0) is 17.7 Å². The number of aromatic nitrogens is 1. The van der Waals surface area contributed by atoms with Crippen LogP contribution in [0.25, 0.3) is 11.3 Å². The number of halogens is 1. The van der Waals surface area contributed by atoms with Crippen LogP contribution >= 0.6 is 39.0 Å². The first-order valence-electron chi connectivity index (χ1n) is 5.94. The van der Waals surface area contributed by atoms with E-state index < -0.39 is 0 Å². The predicted octanol–water partition coefficient (Wildman–Crippen LogP) is 5.46. The van der Waals surface area contributed by atoms with E-state index >= 15 is 0 Å². The van der Waals surface area contributed by atoms with Gasteiger partial charge in [0.1, 0.15) is 5.01 Å². The van der Waals surface area contributed by atoms with Crippen molar-refractivity contribution in [2.24, 2.45) is 5.92 Å². The van der Waals surface area contributed by atoms with Gasteiger partial charge in [0.05, 0.1) is 5.69 Å². The second-order valence-electron chi connectivity index (χ2n) is 4.52. The van der Waals surface area contributed by atoms with E-state index in [1.165, 1.54) is 16.3 Å². The molecule has 0 amide bonds. The van der Waals surface area contributed by atoms with Crippen LogP contribution in [0.1, 0.15) is 18.9 Å². The van der Waals surface area contributed by atoms with E-state index in [-0.39, 0.29) is 0 Å². The third-order valence-corrected chi connectivity index (χ3v) is 5.48. The summed E-state index contributed by atoms with van der Waals surface area (Å²) in [6.45, 7) is 4.50. The van der Waals surface area contributed by atoms with Gasteiger partial charge in [-0.3, -0.25) is 0 Å². The number of nitrogens with zero attached hydrogens (tertiary/aromatic N) is 1. The zero-order valence-corrected chi connectivity index (χ0v) is 13.7. The van der Waals surface area contributed by atoms with Crippen LogP contribution in [0.15, 0.2) is 34.1 Å². The first-order valence-corrected chi connectivity index (χ1v) is 8.76. The van der Waals surface area contributed by atoms with E-state index in [1.807, 2.05) is 23.9 Å². The molecule has 18 heavy (non-hydrogen) atoms. The lowest BCUT2D eigenvalue weighted by atomic mass is 10.2. The number of thioether (sulfide) groups is 1. The fourth-order valence-electron chi connectivity index (χ4n) is 1.55. The molecule has 1 nitrogen and oxygen atoms in total. The number of hydrogen-bond donors (Lipinski definition) is 0. The molecule has 0 bridgehead atoms. The maximum atomic E-state index is 4.71. The van der Waals surface area contributed by atoms with E-state index in [9.17, 15) is 0 Å². The summed E-state index contributed by atoms with van der Waals surface area (Å²) in [7, 11) is 0. The second kappa shape index (κ2) is 6.73. The molecule has 0 fully saturated rings. The Kier molecular flexibility index (Phi) is 5.27. The van der Waals surface area contributed by atoms with Gasteiger partial charge in [-0.15, -0.1) is 11.3 Å². The van der Waals surface area contributed by atoms with Gasteiger partial charge in [0.15, 0.2) is 0 Å². The Morgan fingerprint density at radius 3 is 2.83 bits per heavy atom. The summed E-state index contributed by atoms with van der Waals surface area (Å²) in [6.07, 6.45) is 0. The molecule has 0 saturated heterocycles. The Morgan fingerprint density at radius 1 is 1.33 bits per heavy atom. The Morgan fingerprint density at radius 2 is 2.11 bits per heavy atom. The molecular formula is C14H16BrNS2. The first-order chi connectivity index (χ1) is 8.66. The van der Waals surface area contributed by atoms with Crippen molar-refractivity contribution in [3.05, 3.63) is 39.1 Å². The fourth-order valence-corrected chi connectivity index (χ4v) is 3.97. The van der Waals surface area contributed by atoms with Gasteiger partial charge in [0.2, 0.25) is 0 Å². The van der Waals surface area contributed by atoms with Crippen molar-refractivity contribution in [1.29, 1.82) is 0 Å². The summed E-state index contributed by atoms with van der Waals surface area (Å²) >= 11 is 7.29. The van der Waals surface area contributed by atoms with Crippen molar-refractivity contribution in [2.45, 2.75) is 19.6 Å². The van der Waals surface area contributed by atoms with Gasteiger partial charge in [-0.2, -0.15) is 11.8 Å². The quantitative estimate of drug-likeness (QED) is 0.715. The first kappa shape index (κ1) is 14.1. The van der Waals surface area contributed by atoms with Gasteiger partial charge < -0.3 is 0 Å². The summed E-state index contributed by atoms with van der Waals surface area (Å²) in [4.78, 5) is 4.71. The molecule has 1 aromatic heterocycles. The molecule has 0 aliphatic rings. The topological polar surface area (TPSA) is 12.9 Å². The number of benzene rings is 1. The Balaban J connectivity index is 2.04. The molecule has 0 saturated carbocycles. The molecule has 0 radical (unpaired) electrons. The Labute approximate surface area is 125 Å². The van der Waals surface area contributed by atoms with Gasteiger partial charge in [0.25, 0.3) is 0 Å². The molecule has 1 heterocycles. The molecule has 0 spiro atoms. The lowest BCUT2D eigenvalue weighted by molar-refractivity contribution is 0.750. The fraction of sp³-hybridized carbons (Fsp3) is 0.357. The maximum absolute atomic E-state index is 4.71. The number of hydrogen-bond acceptors (Lipinski definition) is 3. The van der Waals surface area contributed by atoms with Crippen molar-refractivity contribution < 1.29 is 0 Å². The molecular weight excluding hydrogens is 326 g/mol. The minimum atomic E-state index is 0.748. The third-order valence-electron chi connectivity index (χ3n) is 2.38. The molecule has 0 N–H and O–H groups in total. The zero-order valence-electron chi connectivity index (χ0n) is 10.5. The average Bonchev–Trinajstić information content (AvgIpc) is 2.78. The Bertz CT molecular complexity index is 508. The largest absolute Gasteiger partial charge is 0.240 e. The van der Waals surface area contributed by atoms with Crippen LogP contribution in [0.5, 0.6) is 0 Å². The van der Waals surface area contributed by atoms with Crippen LogP contribution < -0.4 is 0 Å². The summed E-state index contributed by atoms with van der Waals surface area (Å²) in [5.74, 6) is 2.97. The lowest BCUT2D eigenvalue weighted by Crippen LogP contribution is -1.91. The normalized spacial score (nSPS) is 11.1. The smallest absolute Gasteiger partial charge is 0.103 e. The highest BCUT2D eigenvalue weighted by atomic mass is 79.9. The highest BCUT2D eigenvalue weighted by molar-refractivity contribution is 9.10. The maximum Gasteiger partial charge on any atom is 0.103 e. The van der Waals surface area contributed by atoms with Crippen LogP contribution in [0.2, 0.25) is 0 Å². The average molecular weight is 342 g/mol. The molecule has 2 rings (SSSR count). The lowest BCUT2D eigenvalue weighted by Gasteiger charge is -2.02. The van der Waals surface area contributed by atoms with Crippen molar-refractivity contribution >= 4 is 39.0 Å². The predicted molar refractivity (Wildman–Crippen MR) is 86.3 cm³/mol. The summed E-state index contributed by atoms with van der Waals surface area (Å²) in [6, 6.07) is 8.23.